The zero-order chi connectivity index (χ0) is 21.8. The fourth-order valence-corrected chi connectivity index (χ4v) is 3.66. The number of phosphoric acid groups is 1. The van der Waals surface area contributed by atoms with Crippen LogP contribution < -0.4 is 11.2 Å². The van der Waals surface area contributed by atoms with Gasteiger partial charge in [0, 0.05) is 25.2 Å². The topological polar surface area (TPSA) is 184 Å². The van der Waals surface area contributed by atoms with E-state index in [1.54, 1.807) is 0 Å². The van der Waals surface area contributed by atoms with Crippen molar-refractivity contribution in [3.63, 3.8) is 0 Å². The maximum Gasteiger partial charge on any atom is 0.470 e. The predicted molar refractivity (Wildman–Crippen MR) is 98.2 cm³/mol. The standard InChI is InChI=1S/C15H26N3O10P/c1-17(2)6-8-26-7-4-15(18-5-3-11(20)16-14(18)22)13(21)12(10(9-19)27-15)28-29(23,24)25/h3,5,10,12-13,19,21H,4,6-9H2,1-2H3,(H,16,20,22)(H2,23,24,25)/t10-,12-,13-,15-/m1/s1. The molecule has 0 unspecified atom stereocenters. The fourth-order valence-electron chi connectivity index (χ4n) is 3.09. The van der Waals surface area contributed by atoms with E-state index in [0.29, 0.717) is 13.2 Å². The van der Waals surface area contributed by atoms with Gasteiger partial charge in [-0.25, -0.2) is 9.36 Å². The van der Waals surface area contributed by atoms with Gasteiger partial charge in [0.25, 0.3) is 5.56 Å². The van der Waals surface area contributed by atoms with Crippen LogP contribution in [0.1, 0.15) is 6.42 Å². The summed E-state index contributed by atoms with van der Waals surface area (Å²) >= 11 is 0. The first kappa shape index (κ1) is 23.9. The molecule has 2 heterocycles. The van der Waals surface area contributed by atoms with Crippen molar-refractivity contribution in [2.24, 2.45) is 0 Å². The van der Waals surface area contributed by atoms with Crippen LogP contribution in [0.2, 0.25) is 0 Å². The molecule has 5 N–H and O–H groups in total. The van der Waals surface area contributed by atoms with Crippen LogP contribution in [0.4, 0.5) is 0 Å². The highest BCUT2D eigenvalue weighted by atomic mass is 31.2. The molecule has 0 bridgehead atoms. The molecule has 0 amide bonds. The number of aromatic amines is 1. The average molecular weight is 439 g/mol. The summed E-state index contributed by atoms with van der Waals surface area (Å²) < 4.78 is 28.0. The third kappa shape index (κ3) is 5.81. The molecule has 13 nitrogen and oxygen atoms in total. The van der Waals surface area contributed by atoms with E-state index in [1.807, 2.05) is 24.0 Å². The molecular weight excluding hydrogens is 413 g/mol. The third-order valence-corrected chi connectivity index (χ3v) is 4.97. The first-order chi connectivity index (χ1) is 13.5. The number of rotatable bonds is 10. The van der Waals surface area contributed by atoms with Gasteiger partial charge in [0.2, 0.25) is 0 Å². The van der Waals surface area contributed by atoms with Crippen molar-refractivity contribution < 1.29 is 38.6 Å². The van der Waals surface area contributed by atoms with Gasteiger partial charge in [-0.2, -0.15) is 0 Å². The number of likely N-dealkylation sites (N-methyl/N-ethyl adjacent to an activating group) is 1. The number of nitrogens with one attached hydrogen (secondary N) is 1. The number of aliphatic hydroxyl groups excluding tert-OH is 2. The molecule has 0 aromatic carbocycles. The Balaban J connectivity index is 2.37. The van der Waals surface area contributed by atoms with Gasteiger partial charge in [0.05, 0.1) is 19.8 Å². The number of hydrogen-bond acceptors (Lipinski definition) is 9. The Bertz CT molecular complexity index is 836. The van der Waals surface area contributed by atoms with Crippen molar-refractivity contribution in [1.82, 2.24) is 14.5 Å². The average Bonchev–Trinajstić information content (AvgIpc) is 2.86. The van der Waals surface area contributed by atoms with E-state index in [-0.39, 0.29) is 13.0 Å². The molecule has 14 heteroatoms. The van der Waals surface area contributed by atoms with Crippen molar-refractivity contribution >= 4 is 7.82 Å². The molecule has 29 heavy (non-hydrogen) atoms. The molecule has 1 aromatic heterocycles. The number of ether oxygens (including phenoxy) is 2. The smallest absolute Gasteiger partial charge is 0.394 e. The molecule has 0 spiro atoms. The quantitative estimate of drug-likeness (QED) is 0.190. The van der Waals surface area contributed by atoms with Crippen molar-refractivity contribution in [2.75, 3.05) is 40.5 Å². The normalized spacial score (nSPS) is 27.6. The molecular formula is C15H26N3O10P. The highest BCUT2D eigenvalue weighted by Crippen LogP contribution is 2.46. The highest BCUT2D eigenvalue weighted by Gasteiger charge is 2.58. The molecule has 0 aliphatic carbocycles. The Hall–Kier alpha value is -1.41. The van der Waals surface area contributed by atoms with Gasteiger partial charge >= 0.3 is 13.5 Å². The minimum Gasteiger partial charge on any atom is -0.394 e. The van der Waals surface area contributed by atoms with Crippen LogP contribution in [0.3, 0.4) is 0 Å². The second-order valence-electron chi connectivity index (χ2n) is 6.83. The highest BCUT2D eigenvalue weighted by molar-refractivity contribution is 7.46. The molecule has 4 atom stereocenters. The second kappa shape index (κ2) is 9.60. The van der Waals surface area contributed by atoms with Crippen LogP contribution in [0, 0.1) is 0 Å². The molecule has 166 valence electrons. The summed E-state index contributed by atoms with van der Waals surface area (Å²) in [5.41, 5.74) is -3.50. The van der Waals surface area contributed by atoms with Gasteiger partial charge in [0.15, 0.2) is 5.72 Å². The maximum absolute atomic E-state index is 12.4. The zero-order valence-electron chi connectivity index (χ0n) is 16.0. The predicted octanol–water partition coefficient (Wildman–Crippen LogP) is -2.61. The Morgan fingerprint density at radius 2 is 2.03 bits per heavy atom. The van der Waals surface area contributed by atoms with E-state index in [9.17, 15) is 24.4 Å². The number of aliphatic hydroxyl groups is 2. The lowest BCUT2D eigenvalue weighted by Crippen LogP contribution is -2.52. The van der Waals surface area contributed by atoms with Crippen molar-refractivity contribution in [1.29, 1.82) is 0 Å². The lowest BCUT2D eigenvalue weighted by atomic mass is 9.99. The zero-order valence-corrected chi connectivity index (χ0v) is 16.9. The minimum absolute atomic E-state index is 0.00273. The molecule has 1 aliphatic rings. The van der Waals surface area contributed by atoms with Gasteiger partial charge in [-0.1, -0.05) is 0 Å². The molecule has 1 saturated heterocycles. The van der Waals surface area contributed by atoms with E-state index in [4.69, 9.17) is 19.3 Å². The number of H-pyrrole nitrogens is 1. The number of aromatic nitrogens is 2. The SMILES string of the molecule is CN(C)CCOCC[C@@]1(n2ccc(=O)[nH]c2=O)O[C@H](CO)[C@@H](OP(=O)(O)O)[C@H]1O. The van der Waals surface area contributed by atoms with E-state index in [2.05, 4.69) is 4.52 Å². The first-order valence-electron chi connectivity index (χ1n) is 8.76. The molecule has 1 aliphatic heterocycles. The number of hydrogen-bond donors (Lipinski definition) is 5. The maximum atomic E-state index is 12.4. The van der Waals surface area contributed by atoms with Crippen LogP contribution in [0.25, 0.3) is 0 Å². The van der Waals surface area contributed by atoms with E-state index in [0.717, 1.165) is 16.8 Å². The summed E-state index contributed by atoms with van der Waals surface area (Å²) in [6.07, 6.45) is -3.81. The Labute approximate surface area is 165 Å². The van der Waals surface area contributed by atoms with E-state index in [1.165, 1.54) is 0 Å². The molecule has 1 aromatic rings. The van der Waals surface area contributed by atoms with Crippen LogP contribution in [0.5, 0.6) is 0 Å². The number of phosphoric ester groups is 1. The lowest BCUT2D eigenvalue weighted by Gasteiger charge is -2.34. The van der Waals surface area contributed by atoms with E-state index < -0.39 is 49.7 Å². The van der Waals surface area contributed by atoms with Crippen LogP contribution in [0.15, 0.2) is 21.9 Å². The number of nitrogens with zero attached hydrogens (tertiary/aromatic N) is 2. The van der Waals surface area contributed by atoms with Gasteiger partial charge < -0.3 is 34.4 Å². The Morgan fingerprint density at radius 3 is 2.59 bits per heavy atom. The molecule has 0 radical (unpaired) electrons. The summed E-state index contributed by atoms with van der Waals surface area (Å²) in [4.78, 5) is 45.9. The lowest BCUT2D eigenvalue weighted by molar-refractivity contribution is -0.163. The largest absolute Gasteiger partial charge is 0.470 e. The molecule has 2 rings (SSSR count). The summed E-state index contributed by atoms with van der Waals surface area (Å²) in [7, 11) is -1.35. The van der Waals surface area contributed by atoms with Gasteiger partial charge in [-0.05, 0) is 14.1 Å². The summed E-state index contributed by atoms with van der Waals surface area (Å²) in [6.45, 7) is 0.198. The van der Waals surface area contributed by atoms with Gasteiger partial charge in [-0.3, -0.25) is 18.9 Å². The Morgan fingerprint density at radius 1 is 1.34 bits per heavy atom. The van der Waals surface area contributed by atoms with E-state index >= 15 is 0 Å². The van der Waals surface area contributed by atoms with Crippen LogP contribution in [-0.4, -0.2) is 93.2 Å². The van der Waals surface area contributed by atoms with Crippen LogP contribution >= 0.6 is 7.82 Å². The summed E-state index contributed by atoms with van der Waals surface area (Å²) in [5, 5.41) is 20.4. The molecule has 1 fully saturated rings. The first-order valence-corrected chi connectivity index (χ1v) is 10.3. The second-order valence-corrected chi connectivity index (χ2v) is 8.03. The molecule has 0 saturated carbocycles. The third-order valence-electron chi connectivity index (χ3n) is 4.45. The fraction of sp³-hybridized carbons (Fsp3) is 0.733. The van der Waals surface area contributed by atoms with Crippen molar-refractivity contribution in [3.05, 3.63) is 33.1 Å². The minimum atomic E-state index is -5.05. The van der Waals surface area contributed by atoms with Crippen molar-refractivity contribution in [3.8, 4) is 0 Å². The van der Waals surface area contributed by atoms with Crippen LogP contribution in [-0.2, 0) is 24.3 Å². The van der Waals surface area contributed by atoms with Gasteiger partial charge in [0.1, 0.15) is 18.3 Å². The summed E-state index contributed by atoms with van der Waals surface area (Å²) in [6, 6.07) is 1.03. The van der Waals surface area contributed by atoms with Gasteiger partial charge in [-0.15, -0.1) is 0 Å². The van der Waals surface area contributed by atoms with Crippen molar-refractivity contribution in [2.45, 2.75) is 30.5 Å². The summed E-state index contributed by atoms with van der Waals surface area (Å²) in [5.74, 6) is 0. The Kier molecular flexibility index (Phi) is 7.90. The monoisotopic (exact) mass is 439 g/mol.